The number of aryl methyl sites for hydroxylation is 1. The fraction of sp³-hybridized carbons (Fsp3) is 0.0714. The third kappa shape index (κ3) is 1.82. The highest BCUT2D eigenvalue weighted by molar-refractivity contribution is 9.10. The number of halogens is 2. The molecule has 3 rings (SSSR count). The molecule has 0 aliphatic carbocycles. The van der Waals surface area contributed by atoms with Gasteiger partial charge in [0.05, 0.1) is 11.0 Å². The van der Waals surface area contributed by atoms with E-state index in [1.165, 1.54) is 12.1 Å². The number of hydrogen-bond acceptors (Lipinski definition) is 1. The Morgan fingerprint density at radius 2 is 1.83 bits per heavy atom. The molecule has 0 N–H and O–H groups in total. The first-order valence-corrected chi connectivity index (χ1v) is 6.32. The first-order chi connectivity index (χ1) is 8.65. The van der Waals surface area contributed by atoms with Gasteiger partial charge in [-0.1, -0.05) is 15.9 Å². The van der Waals surface area contributed by atoms with Crippen molar-refractivity contribution in [2.24, 2.45) is 7.05 Å². The SMILES string of the molecule is Cn1c(-c2ccc(F)cc2)nc2cc(Br)ccc21. The van der Waals surface area contributed by atoms with Crippen molar-refractivity contribution in [3.05, 3.63) is 52.8 Å². The minimum absolute atomic E-state index is 0.236. The number of rotatable bonds is 1. The molecule has 0 atom stereocenters. The van der Waals surface area contributed by atoms with Crippen LogP contribution < -0.4 is 0 Å². The predicted molar refractivity (Wildman–Crippen MR) is 73.8 cm³/mol. The Bertz CT molecular complexity index is 716. The summed E-state index contributed by atoms with van der Waals surface area (Å²) in [6, 6.07) is 12.4. The molecular formula is C14H10BrFN2. The van der Waals surface area contributed by atoms with Gasteiger partial charge in [-0.2, -0.15) is 0 Å². The monoisotopic (exact) mass is 304 g/mol. The molecule has 2 aromatic carbocycles. The van der Waals surface area contributed by atoms with Crippen LogP contribution in [-0.4, -0.2) is 9.55 Å². The zero-order chi connectivity index (χ0) is 12.7. The van der Waals surface area contributed by atoms with Crippen LogP contribution in [0.2, 0.25) is 0 Å². The lowest BCUT2D eigenvalue weighted by Gasteiger charge is -2.02. The smallest absolute Gasteiger partial charge is 0.140 e. The molecule has 2 nitrogen and oxygen atoms in total. The van der Waals surface area contributed by atoms with Gasteiger partial charge < -0.3 is 4.57 Å². The number of fused-ring (bicyclic) bond motifs is 1. The quantitative estimate of drug-likeness (QED) is 0.660. The van der Waals surface area contributed by atoms with Crippen LogP contribution in [0.25, 0.3) is 22.4 Å². The molecule has 0 aliphatic rings. The number of benzene rings is 2. The van der Waals surface area contributed by atoms with Crippen molar-refractivity contribution in [3.63, 3.8) is 0 Å². The average Bonchev–Trinajstić information content (AvgIpc) is 2.67. The second-order valence-corrected chi connectivity index (χ2v) is 5.05. The third-order valence-electron chi connectivity index (χ3n) is 2.95. The van der Waals surface area contributed by atoms with Crippen LogP contribution in [0.3, 0.4) is 0 Å². The van der Waals surface area contributed by atoms with Gasteiger partial charge >= 0.3 is 0 Å². The molecule has 0 unspecified atom stereocenters. The largest absolute Gasteiger partial charge is 0.327 e. The van der Waals surface area contributed by atoms with Gasteiger partial charge in [0.15, 0.2) is 0 Å². The summed E-state index contributed by atoms with van der Waals surface area (Å²) in [4.78, 5) is 4.58. The summed E-state index contributed by atoms with van der Waals surface area (Å²) in [6.07, 6.45) is 0. The van der Waals surface area contributed by atoms with E-state index in [4.69, 9.17) is 0 Å². The first kappa shape index (κ1) is 11.4. The fourth-order valence-electron chi connectivity index (χ4n) is 2.03. The molecule has 0 bridgehead atoms. The van der Waals surface area contributed by atoms with Gasteiger partial charge in [0, 0.05) is 17.1 Å². The normalized spacial score (nSPS) is 11.1. The zero-order valence-electron chi connectivity index (χ0n) is 9.69. The van der Waals surface area contributed by atoms with Crippen LogP contribution in [0, 0.1) is 5.82 Å². The van der Waals surface area contributed by atoms with E-state index >= 15 is 0 Å². The Kier molecular flexibility index (Phi) is 2.67. The molecule has 0 aliphatic heterocycles. The molecular weight excluding hydrogens is 295 g/mol. The van der Waals surface area contributed by atoms with Gasteiger partial charge in [0.25, 0.3) is 0 Å². The number of nitrogens with zero attached hydrogens (tertiary/aromatic N) is 2. The van der Waals surface area contributed by atoms with Crippen molar-refractivity contribution in [3.8, 4) is 11.4 Å². The molecule has 90 valence electrons. The molecule has 0 saturated heterocycles. The molecule has 0 fully saturated rings. The fourth-order valence-corrected chi connectivity index (χ4v) is 2.38. The van der Waals surface area contributed by atoms with Crippen LogP contribution in [0.15, 0.2) is 46.9 Å². The predicted octanol–water partition coefficient (Wildman–Crippen LogP) is 4.14. The highest BCUT2D eigenvalue weighted by Gasteiger charge is 2.09. The minimum Gasteiger partial charge on any atom is -0.327 e. The highest BCUT2D eigenvalue weighted by atomic mass is 79.9. The van der Waals surface area contributed by atoms with E-state index in [1.807, 2.05) is 29.8 Å². The summed E-state index contributed by atoms with van der Waals surface area (Å²) in [5.74, 6) is 0.600. The van der Waals surface area contributed by atoms with Gasteiger partial charge in [-0.05, 0) is 42.5 Å². The molecule has 1 aromatic heterocycles. The molecule has 18 heavy (non-hydrogen) atoms. The standard InChI is InChI=1S/C14H10BrFN2/c1-18-13-7-4-10(15)8-12(13)17-14(18)9-2-5-11(16)6-3-9/h2-8H,1H3. The maximum absolute atomic E-state index is 12.9. The van der Waals surface area contributed by atoms with E-state index in [9.17, 15) is 4.39 Å². The van der Waals surface area contributed by atoms with Crippen LogP contribution >= 0.6 is 15.9 Å². The number of aromatic nitrogens is 2. The van der Waals surface area contributed by atoms with Crippen molar-refractivity contribution < 1.29 is 4.39 Å². The zero-order valence-corrected chi connectivity index (χ0v) is 11.3. The van der Waals surface area contributed by atoms with Gasteiger partial charge in [-0.3, -0.25) is 0 Å². The van der Waals surface area contributed by atoms with Crippen molar-refractivity contribution in [2.45, 2.75) is 0 Å². The number of hydrogen-bond donors (Lipinski definition) is 0. The van der Waals surface area contributed by atoms with Gasteiger partial charge in [0.1, 0.15) is 11.6 Å². The van der Waals surface area contributed by atoms with E-state index in [0.717, 1.165) is 26.9 Å². The van der Waals surface area contributed by atoms with Crippen molar-refractivity contribution in [1.82, 2.24) is 9.55 Å². The Morgan fingerprint density at radius 3 is 2.56 bits per heavy atom. The molecule has 4 heteroatoms. The van der Waals surface area contributed by atoms with Crippen molar-refractivity contribution in [1.29, 1.82) is 0 Å². The Morgan fingerprint density at radius 1 is 1.11 bits per heavy atom. The summed E-state index contributed by atoms with van der Waals surface area (Å²) in [5, 5.41) is 0. The van der Waals surface area contributed by atoms with Crippen molar-refractivity contribution >= 4 is 27.0 Å². The minimum atomic E-state index is -0.236. The first-order valence-electron chi connectivity index (χ1n) is 5.53. The lowest BCUT2D eigenvalue weighted by atomic mass is 10.2. The Balaban J connectivity index is 2.23. The van der Waals surface area contributed by atoms with E-state index in [0.29, 0.717) is 0 Å². The van der Waals surface area contributed by atoms with Crippen LogP contribution in [0.5, 0.6) is 0 Å². The van der Waals surface area contributed by atoms with Crippen molar-refractivity contribution in [2.75, 3.05) is 0 Å². The maximum atomic E-state index is 12.9. The molecule has 0 amide bonds. The number of imidazole rings is 1. The maximum Gasteiger partial charge on any atom is 0.140 e. The summed E-state index contributed by atoms with van der Waals surface area (Å²) >= 11 is 3.43. The third-order valence-corrected chi connectivity index (χ3v) is 3.44. The molecule has 0 spiro atoms. The van der Waals surface area contributed by atoms with Crippen LogP contribution in [0.1, 0.15) is 0 Å². The van der Waals surface area contributed by atoms with E-state index in [2.05, 4.69) is 20.9 Å². The molecule has 0 radical (unpaired) electrons. The molecule has 3 aromatic rings. The lowest BCUT2D eigenvalue weighted by Crippen LogP contribution is -1.92. The summed E-state index contributed by atoms with van der Waals surface area (Å²) in [5.41, 5.74) is 2.88. The van der Waals surface area contributed by atoms with E-state index in [1.54, 1.807) is 12.1 Å². The summed E-state index contributed by atoms with van der Waals surface area (Å²) < 4.78 is 15.9. The van der Waals surface area contributed by atoms with Gasteiger partial charge in [0.2, 0.25) is 0 Å². The highest BCUT2D eigenvalue weighted by Crippen LogP contribution is 2.25. The average molecular weight is 305 g/mol. The second-order valence-electron chi connectivity index (χ2n) is 4.13. The summed E-state index contributed by atoms with van der Waals surface area (Å²) in [7, 11) is 1.96. The van der Waals surface area contributed by atoms with Gasteiger partial charge in [-0.25, -0.2) is 9.37 Å². The molecule has 1 heterocycles. The second kappa shape index (κ2) is 4.21. The Hall–Kier alpha value is -1.68. The Labute approximate surface area is 112 Å². The van der Waals surface area contributed by atoms with E-state index in [-0.39, 0.29) is 5.82 Å². The topological polar surface area (TPSA) is 17.8 Å². The van der Waals surface area contributed by atoms with Gasteiger partial charge in [-0.15, -0.1) is 0 Å². The lowest BCUT2D eigenvalue weighted by molar-refractivity contribution is 0.628. The summed E-state index contributed by atoms with van der Waals surface area (Å²) in [6.45, 7) is 0. The van der Waals surface area contributed by atoms with E-state index < -0.39 is 0 Å². The molecule has 0 saturated carbocycles. The van der Waals surface area contributed by atoms with Crippen LogP contribution in [0.4, 0.5) is 4.39 Å². The van der Waals surface area contributed by atoms with Crippen LogP contribution in [-0.2, 0) is 7.05 Å².